The molecule has 7 nitrogen and oxygen atoms in total. The molecule has 1 heterocycles. The minimum atomic E-state index is -0.864. The number of benzene rings is 3. The van der Waals surface area contributed by atoms with Crippen molar-refractivity contribution in [2.75, 3.05) is 11.5 Å². The van der Waals surface area contributed by atoms with Gasteiger partial charge in [0.15, 0.2) is 11.5 Å². The van der Waals surface area contributed by atoms with Gasteiger partial charge in [0.05, 0.1) is 17.3 Å². The van der Waals surface area contributed by atoms with Crippen LogP contribution in [0.5, 0.6) is 11.5 Å². The van der Waals surface area contributed by atoms with E-state index in [2.05, 4.69) is 21.2 Å². The van der Waals surface area contributed by atoms with Gasteiger partial charge in [-0.2, -0.15) is 0 Å². The number of amides is 4. The summed E-state index contributed by atoms with van der Waals surface area (Å²) in [6.45, 7) is 2.57. The Labute approximate surface area is 215 Å². The van der Waals surface area contributed by atoms with Crippen LogP contribution in [0, 0.1) is 0 Å². The molecule has 4 amide bonds. The first-order valence-electron chi connectivity index (χ1n) is 10.7. The van der Waals surface area contributed by atoms with Crippen molar-refractivity contribution in [2.45, 2.75) is 13.5 Å². The number of carbonyl (C=O) groups is 3. The molecule has 4 rings (SSSR count). The Balaban J connectivity index is 1.61. The van der Waals surface area contributed by atoms with Crippen LogP contribution in [-0.2, 0) is 16.2 Å². The van der Waals surface area contributed by atoms with E-state index in [1.165, 1.54) is 12.1 Å². The van der Waals surface area contributed by atoms with Gasteiger partial charge >= 0.3 is 6.03 Å². The van der Waals surface area contributed by atoms with Gasteiger partial charge in [-0.05, 0) is 60.5 Å². The molecule has 178 valence electrons. The fourth-order valence-corrected chi connectivity index (χ4v) is 3.90. The molecule has 0 saturated carbocycles. The lowest BCUT2D eigenvalue weighted by atomic mass is 10.1. The van der Waals surface area contributed by atoms with E-state index in [4.69, 9.17) is 21.1 Å². The number of hydrogen-bond acceptors (Lipinski definition) is 5. The number of ether oxygens (including phenoxy) is 2. The van der Waals surface area contributed by atoms with Crippen molar-refractivity contribution in [3.63, 3.8) is 0 Å². The van der Waals surface area contributed by atoms with E-state index in [1.807, 2.05) is 31.2 Å². The number of urea groups is 1. The standard InChI is InChI=1S/C26H20BrClN2O5/c1-2-34-23-14-17(9-12-22(23)35-15-16-7-10-18(27)11-8-16)13-19-24(31)29-26(33)30(25(19)32)21-6-4-3-5-20(21)28/h3-14H,2,15H2,1H3,(H,29,31,33)/b19-13+. The summed E-state index contributed by atoms with van der Waals surface area (Å²) in [4.78, 5) is 38.9. The predicted molar refractivity (Wildman–Crippen MR) is 137 cm³/mol. The van der Waals surface area contributed by atoms with Gasteiger partial charge in [0.25, 0.3) is 11.8 Å². The van der Waals surface area contributed by atoms with E-state index in [0.29, 0.717) is 30.3 Å². The largest absolute Gasteiger partial charge is 0.490 e. The molecule has 0 unspecified atom stereocenters. The molecule has 35 heavy (non-hydrogen) atoms. The topological polar surface area (TPSA) is 84.9 Å². The Morgan fingerprint density at radius 2 is 1.71 bits per heavy atom. The molecule has 3 aromatic rings. The van der Waals surface area contributed by atoms with Crippen LogP contribution in [0.15, 0.2) is 76.8 Å². The van der Waals surface area contributed by atoms with Crippen LogP contribution in [0.3, 0.4) is 0 Å². The summed E-state index contributed by atoms with van der Waals surface area (Å²) in [7, 11) is 0. The Kier molecular flexibility index (Phi) is 7.53. The van der Waals surface area contributed by atoms with E-state index in [-0.39, 0.29) is 16.3 Å². The SMILES string of the molecule is CCOc1cc(/C=C2\C(=O)NC(=O)N(c3ccccc3Cl)C2=O)ccc1OCc1ccc(Br)cc1. The van der Waals surface area contributed by atoms with E-state index in [9.17, 15) is 14.4 Å². The van der Waals surface area contributed by atoms with Gasteiger partial charge in [-0.25, -0.2) is 9.69 Å². The van der Waals surface area contributed by atoms with Crippen molar-refractivity contribution < 1.29 is 23.9 Å². The molecule has 1 saturated heterocycles. The molecule has 1 N–H and O–H groups in total. The highest BCUT2D eigenvalue weighted by Crippen LogP contribution is 2.32. The summed E-state index contributed by atoms with van der Waals surface area (Å²) in [6.07, 6.45) is 1.40. The van der Waals surface area contributed by atoms with Gasteiger partial charge < -0.3 is 9.47 Å². The first kappa shape index (κ1) is 24.5. The second kappa shape index (κ2) is 10.8. The molecule has 0 aromatic heterocycles. The number of halogens is 2. The van der Waals surface area contributed by atoms with Crippen molar-refractivity contribution in [3.8, 4) is 11.5 Å². The van der Waals surface area contributed by atoms with Crippen molar-refractivity contribution in [1.82, 2.24) is 5.32 Å². The molecule has 0 spiro atoms. The summed E-state index contributed by atoms with van der Waals surface area (Å²) in [5, 5.41) is 2.39. The molecule has 1 fully saturated rings. The molecule has 3 aromatic carbocycles. The minimum Gasteiger partial charge on any atom is -0.490 e. The molecule has 1 aliphatic rings. The first-order valence-corrected chi connectivity index (χ1v) is 11.8. The fraction of sp³-hybridized carbons (Fsp3) is 0.115. The lowest BCUT2D eigenvalue weighted by Crippen LogP contribution is -2.54. The van der Waals surface area contributed by atoms with Crippen molar-refractivity contribution in [2.24, 2.45) is 0 Å². The van der Waals surface area contributed by atoms with E-state index >= 15 is 0 Å². The maximum Gasteiger partial charge on any atom is 0.335 e. The van der Waals surface area contributed by atoms with Crippen LogP contribution < -0.4 is 19.7 Å². The quantitative estimate of drug-likeness (QED) is 0.297. The summed E-state index contributed by atoms with van der Waals surface area (Å²) in [5.41, 5.74) is 1.48. The minimum absolute atomic E-state index is 0.182. The van der Waals surface area contributed by atoms with Crippen LogP contribution in [-0.4, -0.2) is 24.5 Å². The third-order valence-corrected chi connectivity index (χ3v) is 5.93. The van der Waals surface area contributed by atoms with Gasteiger partial charge in [-0.3, -0.25) is 14.9 Å². The summed E-state index contributed by atoms with van der Waals surface area (Å²) in [6, 6.07) is 18.4. The van der Waals surface area contributed by atoms with Gasteiger partial charge in [0, 0.05) is 4.47 Å². The third kappa shape index (κ3) is 5.55. The lowest BCUT2D eigenvalue weighted by molar-refractivity contribution is -0.122. The summed E-state index contributed by atoms with van der Waals surface area (Å²) in [5.74, 6) is -0.594. The number of rotatable bonds is 7. The van der Waals surface area contributed by atoms with Crippen molar-refractivity contribution in [1.29, 1.82) is 0 Å². The maximum absolute atomic E-state index is 13.1. The zero-order chi connectivity index (χ0) is 24.9. The Bertz CT molecular complexity index is 1320. The lowest BCUT2D eigenvalue weighted by Gasteiger charge is -2.27. The van der Waals surface area contributed by atoms with Crippen molar-refractivity contribution >= 4 is 57.1 Å². The molecular weight excluding hydrogens is 536 g/mol. The number of anilines is 1. The van der Waals surface area contributed by atoms with Gasteiger partial charge in [-0.15, -0.1) is 0 Å². The number of carbonyl (C=O) groups excluding carboxylic acids is 3. The monoisotopic (exact) mass is 554 g/mol. The van der Waals surface area contributed by atoms with Crippen LogP contribution in [0.1, 0.15) is 18.1 Å². The third-order valence-electron chi connectivity index (χ3n) is 5.08. The zero-order valence-electron chi connectivity index (χ0n) is 18.6. The molecule has 1 aliphatic heterocycles. The summed E-state index contributed by atoms with van der Waals surface area (Å²) < 4.78 is 12.6. The smallest absolute Gasteiger partial charge is 0.335 e. The number of nitrogens with zero attached hydrogens (tertiary/aromatic N) is 1. The van der Waals surface area contributed by atoms with Gasteiger partial charge in [0.1, 0.15) is 12.2 Å². The molecule has 0 bridgehead atoms. The summed E-state index contributed by atoms with van der Waals surface area (Å²) >= 11 is 9.58. The highest BCUT2D eigenvalue weighted by molar-refractivity contribution is 9.10. The molecular formula is C26H20BrClN2O5. The Morgan fingerprint density at radius 1 is 0.971 bits per heavy atom. The predicted octanol–water partition coefficient (Wildman–Crippen LogP) is 5.75. The average molecular weight is 556 g/mol. The molecule has 9 heteroatoms. The highest BCUT2D eigenvalue weighted by atomic mass is 79.9. The Morgan fingerprint density at radius 3 is 2.43 bits per heavy atom. The molecule has 0 radical (unpaired) electrons. The average Bonchev–Trinajstić information content (AvgIpc) is 2.83. The number of imide groups is 2. The van der Waals surface area contributed by atoms with Crippen molar-refractivity contribution in [3.05, 3.63) is 92.9 Å². The number of nitrogens with one attached hydrogen (secondary N) is 1. The number of barbiturate groups is 1. The highest BCUT2D eigenvalue weighted by Gasteiger charge is 2.37. The molecule has 0 aliphatic carbocycles. The maximum atomic E-state index is 13.1. The number of para-hydroxylation sites is 1. The van der Waals surface area contributed by atoms with Crippen LogP contribution >= 0.6 is 27.5 Å². The van der Waals surface area contributed by atoms with Gasteiger partial charge in [-0.1, -0.05) is 57.9 Å². The fourth-order valence-electron chi connectivity index (χ4n) is 3.42. The van der Waals surface area contributed by atoms with Crippen LogP contribution in [0.2, 0.25) is 5.02 Å². The second-order valence-electron chi connectivity index (χ2n) is 7.46. The Hall–Kier alpha value is -3.62. The second-order valence-corrected chi connectivity index (χ2v) is 8.79. The normalized spacial score (nSPS) is 14.8. The van der Waals surface area contributed by atoms with Crippen LogP contribution in [0.4, 0.5) is 10.5 Å². The van der Waals surface area contributed by atoms with E-state index < -0.39 is 17.8 Å². The van der Waals surface area contributed by atoms with Gasteiger partial charge in [0.2, 0.25) is 0 Å². The zero-order valence-corrected chi connectivity index (χ0v) is 20.9. The number of hydrogen-bond donors (Lipinski definition) is 1. The van der Waals surface area contributed by atoms with E-state index in [0.717, 1.165) is 14.9 Å². The van der Waals surface area contributed by atoms with E-state index in [1.54, 1.807) is 36.4 Å². The van der Waals surface area contributed by atoms with Crippen LogP contribution in [0.25, 0.3) is 6.08 Å². The molecule has 0 atom stereocenters. The first-order chi connectivity index (χ1) is 16.9.